The highest BCUT2D eigenvalue weighted by Crippen LogP contribution is 2.36. The number of halogens is 2. The molecule has 5 rings (SSSR count). The molecule has 7 heteroatoms. The second-order valence-corrected chi connectivity index (χ2v) is 9.43. The molecule has 0 fully saturated rings. The Morgan fingerprint density at radius 1 is 1.10 bits per heavy atom. The summed E-state index contributed by atoms with van der Waals surface area (Å²) in [4.78, 5) is 20.5. The number of thiophene rings is 1. The molecule has 0 radical (unpaired) electrons. The van der Waals surface area contributed by atoms with Gasteiger partial charge in [-0.3, -0.25) is 9.36 Å². The SMILES string of the molecule is O=c1c2c3c(sc2nc(SCc2ccc(F)cc2)n1-c1ccc(Cl)cc1)CCC3. The van der Waals surface area contributed by atoms with Gasteiger partial charge in [0.15, 0.2) is 5.16 Å². The predicted octanol–water partition coefficient (Wildman–Crippen LogP) is 6.02. The van der Waals surface area contributed by atoms with Crippen LogP contribution in [0.2, 0.25) is 5.02 Å². The molecule has 0 aliphatic heterocycles. The lowest BCUT2D eigenvalue weighted by Crippen LogP contribution is -2.21. The van der Waals surface area contributed by atoms with Crippen molar-refractivity contribution >= 4 is 44.9 Å². The molecule has 146 valence electrons. The number of fused-ring (bicyclic) bond motifs is 3. The zero-order valence-corrected chi connectivity index (χ0v) is 17.7. The second-order valence-electron chi connectivity index (χ2n) is 6.96. The van der Waals surface area contributed by atoms with Gasteiger partial charge in [0, 0.05) is 15.7 Å². The van der Waals surface area contributed by atoms with Crippen molar-refractivity contribution in [3.05, 3.63) is 85.7 Å². The van der Waals surface area contributed by atoms with Crippen LogP contribution in [0.15, 0.2) is 58.5 Å². The van der Waals surface area contributed by atoms with Crippen molar-refractivity contribution in [2.45, 2.75) is 30.2 Å². The van der Waals surface area contributed by atoms with Crippen LogP contribution >= 0.6 is 34.7 Å². The van der Waals surface area contributed by atoms with E-state index in [-0.39, 0.29) is 11.4 Å². The number of hydrogen-bond donors (Lipinski definition) is 0. The molecule has 2 aromatic heterocycles. The molecular formula is C22H16ClFN2OS2. The number of aromatic nitrogens is 2. The smallest absolute Gasteiger partial charge is 0.267 e. The number of hydrogen-bond acceptors (Lipinski definition) is 4. The maximum Gasteiger partial charge on any atom is 0.267 e. The minimum absolute atomic E-state index is 0.0293. The van der Waals surface area contributed by atoms with E-state index in [9.17, 15) is 9.18 Å². The quantitative estimate of drug-likeness (QED) is 0.286. The van der Waals surface area contributed by atoms with Crippen molar-refractivity contribution in [3.63, 3.8) is 0 Å². The van der Waals surface area contributed by atoms with Crippen LogP contribution in [0.1, 0.15) is 22.4 Å². The summed E-state index contributed by atoms with van der Waals surface area (Å²) in [5.74, 6) is 0.334. The fourth-order valence-electron chi connectivity index (χ4n) is 3.67. The van der Waals surface area contributed by atoms with E-state index in [0.29, 0.717) is 15.9 Å². The normalized spacial score (nSPS) is 13.2. The molecule has 2 aromatic carbocycles. The van der Waals surface area contributed by atoms with Crippen molar-refractivity contribution in [2.75, 3.05) is 0 Å². The van der Waals surface area contributed by atoms with Gasteiger partial charge in [0.1, 0.15) is 10.6 Å². The summed E-state index contributed by atoms with van der Waals surface area (Å²) < 4.78 is 14.9. The average molecular weight is 443 g/mol. The van der Waals surface area contributed by atoms with Gasteiger partial charge in [-0.15, -0.1) is 11.3 Å². The third-order valence-electron chi connectivity index (χ3n) is 5.07. The number of nitrogens with zero attached hydrogens (tertiary/aromatic N) is 2. The van der Waals surface area contributed by atoms with E-state index in [1.165, 1.54) is 34.3 Å². The average Bonchev–Trinajstić information content (AvgIpc) is 3.29. The molecule has 3 nitrogen and oxygen atoms in total. The molecule has 0 unspecified atom stereocenters. The first-order valence-electron chi connectivity index (χ1n) is 9.30. The van der Waals surface area contributed by atoms with Crippen molar-refractivity contribution in [1.29, 1.82) is 0 Å². The molecule has 1 aliphatic carbocycles. The van der Waals surface area contributed by atoms with Crippen molar-refractivity contribution in [1.82, 2.24) is 9.55 Å². The zero-order valence-electron chi connectivity index (χ0n) is 15.3. The van der Waals surface area contributed by atoms with Crippen molar-refractivity contribution < 1.29 is 4.39 Å². The van der Waals surface area contributed by atoms with Crippen LogP contribution in [0.25, 0.3) is 15.9 Å². The number of aryl methyl sites for hydroxylation is 2. The maximum atomic E-state index is 13.5. The van der Waals surface area contributed by atoms with E-state index in [2.05, 4.69) is 0 Å². The van der Waals surface area contributed by atoms with Gasteiger partial charge >= 0.3 is 0 Å². The van der Waals surface area contributed by atoms with Gasteiger partial charge in [0.25, 0.3) is 5.56 Å². The molecule has 0 N–H and O–H groups in total. The highest BCUT2D eigenvalue weighted by molar-refractivity contribution is 7.98. The molecule has 0 bridgehead atoms. The largest absolute Gasteiger partial charge is 0.268 e. The Hall–Kier alpha value is -2.15. The van der Waals surface area contributed by atoms with Crippen LogP contribution in [-0.2, 0) is 18.6 Å². The van der Waals surface area contributed by atoms with Gasteiger partial charge in [-0.05, 0) is 66.8 Å². The molecule has 2 heterocycles. The van der Waals surface area contributed by atoms with E-state index >= 15 is 0 Å². The lowest BCUT2D eigenvalue weighted by Gasteiger charge is -2.12. The van der Waals surface area contributed by atoms with Crippen LogP contribution in [0.3, 0.4) is 0 Å². The van der Waals surface area contributed by atoms with Gasteiger partial charge in [0.05, 0.1) is 11.1 Å². The van der Waals surface area contributed by atoms with E-state index < -0.39 is 0 Å². The van der Waals surface area contributed by atoms with Crippen LogP contribution in [0.5, 0.6) is 0 Å². The molecule has 29 heavy (non-hydrogen) atoms. The summed E-state index contributed by atoms with van der Waals surface area (Å²) in [5, 5.41) is 2.01. The molecule has 1 aliphatic rings. The monoisotopic (exact) mass is 442 g/mol. The van der Waals surface area contributed by atoms with Crippen molar-refractivity contribution in [3.8, 4) is 5.69 Å². The van der Waals surface area contributed by atoms with Gasteiger partial charge in [-0.2, -0.15) is 0 Å². The first-order valence-corrected chi connectivity index (χ1v) is 11.5. The molecule has 0 spiro atoms. The van der Waals surface area contributed by atoms with E-state index in [0.717, 1.165) is 40.7 Å². The predicted molar refractivity (Wildman–Crippen MR) is 118 cm³/mol. The minimum atomic E-state index is -0.260. The molecule has 4 aromatic rings. The molecule has 0 atom stereocenters. The minimum Gasteiger partial charge on any atom is -0.268 e. The number of benzene rings is 2. The van der Waals surface area contributed by atoms with Crippen LogP contribution < -0.4 is 5.56 Å². The number of thioether (sulfide) groups is 1. The Bertz CT molecular complexity index is 1260. The Balaban J connectivity index is 1.64. The molecule has 0 saturated heterocycles. The van der Waals surface area contributed by atoms with Crippen LogP contribution in [0.4, 0.5) is 4.39 Å². The highest BCUT2D eigenvalue weighted by Gasteiger charge is 2.24. The van der Waals surface area contributed by atoms with Gasteiger partial charge in [0.2, 0.25) is 0 Å². The van der Waals surface area contributed by atoms with Crippen LogP contribution in [-0.4, -0.2) is 9.55 Å². The zero-order chi connectivity index (χ0) is 20.0. The van der Waals surface area contributed by atoms with E-state index in [1.807, 2.05) is 12.1 Å². The van der Waals surface area contributed by atoms with E-state index in [1.54, 1.807) is 40.2 Å². The lowest BCUT2D eigenvalue weighted by molar-refractivity contribution is 0.627. The lowest BCUT2D eigenvalue weighted by atomic mass is 10.2. The van der Waals surface area contributed by atoms with E-state index in [4.69, 9.17) is 16.6 Å². The Labute approximate surface area is 180 Å². The van der Waals surface area contributed by atoms with Crippen molar-refractivity contribution in [2.24, 2.45) is 0 Å². The third kappa shape index (κ3) is 3.50. The summed E-state index contributed by atoms with van der Waals surface area (Å²) in [7, 11) is 0. The highest BCUT2D eigenvalue weighted by atomic mass is 35.5. The molecular weight excluding hydrogens is 427 g/mol. The Morgan fingerprint density at radius 2 is 1.86 bits per heavy atom. The topological polar surface area (TPSA) is 34.9 Å². The van der Waals surface area contributed by atoms with Gasteiger partial charge in [-0.25, -0.2) is 9.37 Å². The second kappa shape index (κ2) is 7.59. The summed E-state index contributed by atoms with van der Waals surface area (Å²) in [6.07, 6.45) is 3.06. The summed E-state index contributed by atoms with van der Waals surface area (Å²) in [6.45, 7) is 0. The maximum absolute atomic E-state index is 13.5. The molecule has 0 amide bonds. The Kier molecular flexibility index (Phi) is 4.94. The fourth-order valence-corrected chi connectivity index (χ4v) is 6.06. The van der Waals surface area contributed by atoms with Gasteiger partial charge in [-0.1, -0.05) is 35.5 Å². The first kappa shape index (κ1) is 18.9. The summed E-state index contributed by atoms with van der Waals surface area (Å²) >= 11 is 9.16. The summed E-state index contributed by atoms with van der Waals surface area (Å²) in [5.41, 5.74) is 2.86. The number of rotatable bonds is 4. The molecule has 0 saturated carbocycles. The first-order chi connectivity index (χ1) is 14.1. The summed E-state index contributed by atoms with van der Waals surface area (Å²) in [6, 6.07) is 13.6. The third-order valence-corrected chi connectivity index (χ3v) is 7.52. The fraction of sp³-hybridized carbons (Fsp3) is 0.182. The van der Waals surface area contributed by atoms with Crippen LogP contribution in [0, 0.1) is 5.82 Å². The standard InChI is InChI=1S/C22H16ClFN2OS2/c23-14-6-10-16(11-7-14)26-21(27)19-17-2-1-3-18(17)29-20(19)25-22(26)28-12-13-4-8-15(24)9-5-13/h4-11H,1-3,12H2. The Morgan fingerprint density at radius 3 is 2.62 bits per heavy atom. The van der Waals surface area contributed by atoms with Gasteiger partial charge < -0.3 is 0 Å².